The molecule has 0 saturated heterocycles. The molecule has 3 N–H and O–H groups in total. The normalized spacial score (nSPS) is 25.8. The molecule has 2 rings (SSSR count). The molecule has 1 fully saturated rings. The van der Waals surface area contributed by atoms with Gasteiger partial charge in [-0.15, -0.1) is 0 Å². The number of halogens is 3. The van der Waals surface area contributed by atoms with Crippen molar-refractivity contribution in [2.75, 3.05) is 0 Å². The second-order valence-electron chi connectivity index (χ2n) is 6.18. The molecule has 1 aromatic carbocycles. The zero-order chi connectivity index (χ0) is 16.4. The van der Waals surface area contributed by atoms with Crippen LogP contribution in [-0.2, 0) is 17.5 Å². The summed E-state index contributed by atoms with van der Waals surface area (Å²) in [6.45, 7) is 1.70. The van der Waals surface area contributed by atoms with Gasteiger partial charge in [0.15, 0.2) is 0 Å². The van der Waals surface area contributed by atoms with Gasteiger partial charge in [-0.2, -0.15) is 13.2 Å². The average Bonchev–Trinajstić information content (AvgIpc) is 2.43. The van der Waals surface area contributed by atoms with Crippen LogP contribution in [0.3, 0.4) is 0 Å². The van der Waals surface area contributed by atoms with E-state index in [1.54, 1.807) is 0 Å². The topological polar surface area (TPSA) is 55.1 Å². The zero-order valence-corrected chi connectivity index (χ0v) is 12.5. The molecule has 6 heteroatoms. The third-order valence-electron chi connectivity index (χ3n) is 4.35. The van der Waals surface area contributed by atoms with Gasteiger partial charge in [0.2, 0.25) is 5.91 Å². The molecule has 0 heterocycles. The van der Waals surface area contributed by atoms with E-state index in [1.807, 2.05) is 6.92 Å². The summed E-state index contributed by atoms with van der Waals surface area (Å²) in [4.78, 5) is 12.3. The number of alkyl halides is 3. The number of rotatable bonds is 3. The Labute approximate surface area is 128 Å². The van der Waals surface area contributed by atoms with Gasteiger partial charge in [0, 0.05) is 12.1 Å². The van der Waals surface area contributed by atoms with Gasteiger partial charge in [-0.3, -0.25) is 4.79 Å². The molecular formula is C16H21F3N2O. The third-order valence-corrected chi connectivity index (χ3v) is 4.35. The van der Waals surface area contributed by atoms with Crippen LogP contribution in [0.1, 0.15) is 43.7 Å². The standard InChI is InChI=1S/C16H21F3N2O/c1-15(20)9-5-4-8-13(15)14(22)21-10-11-6-2-3-7-12(11)16(17,18)19/h2-3,6-7,13H,4-5,8-10,20H2,1H3,(H,21,22). The van der Waals surface area contributed by atoms with E-state index in [2.05, 4.69) is 5.32 Å². The summed E-state index contributed by atoms with van der Waals surface area (Å²) in [7, 11) is 0. The van der Waals surface area contributed by atoms with Crippen molar-refractivity contribution in [1.29, 1.82) is 0 Å². The van der Waals surface area contributed by atoms with Crippen LogP contribution in [0.5, 0.6) is 0 Å². The van der Waals surface area contributed by atoms with E-state index in [1.165, 1.54) is 18.2 Å². The van der Waals surface area contributed by atoms with Crippen LogP contribution in [0.2, 0.25) is 0 Å². The van der Waals surface area contributed by atoms with Gasteiger partial charge < -0.3 is 11.1 Å². The number of nitrogens with two attached hydrogens (primary N) is 1. The van der Waals surface area contributed by atoms with Crippen molar-refractivity contribution in [3.63, 3.8) is 0 Å². The largest absolute Gasteiger partial charge is 0.416 e. The van der Waals surface area contributed by atoms with E-state index >= 15 is 0 Å². The molecule has 0 aliphatic heterocycles. The number of amides is 1. The number of carbonyl (C=O) groups is 1. The summed E-state index contributed by atoms with van der Waals surface area (Å²) in [5, 5.41) is 2.62. The highest BCUT2D eigenvalue weighted by Crippen LogP contribution is 2.33. The maximum Gasteiger partial charge on any atom is 0.416 e. The van der Waals surface area contributed by atoms with Crippen molar-refractivity contribution in [2.24, 2.45) is 11.7 Å². The first-order valence-electron chi connectivity index (χ1n) is 7.43. The highest BCUT2D eigenvalue weighted by atomic mass is 19.4. The van der Waals surface area contributed by atoms with Crippen LogP contribution < -0.4 is 11.1 Å². The van der Waals surface area contributed by atoms with E-state index in [9.17, 15) is 18.0 Å². The molecule has 0 radical (unpaired) electrons. The fourth-order valence-corrected chi connectivity index (χ4v) is 3.05. The van der Waals surface area contributed by atoms with E-state index in [0.717, 1.165) is 25.3 Å². The van der Waals surface area contributed by atoms with Gasteiger partial charge >= 0.3 is 6.18 Å². The second kappa shape index (κ2) is 6.28. The lowest BCUT2D eigenvalue weighted by Gasteiger charge is -2.37. The van der Waals surface area contributed by atoms with E-state index < -0.39 is 17.3 Å². The predicted octanol–water partition coefficient (Wildman–Crippen LogP) is 3.23. The Kier molecular flexibility index (Phi) is 4.80. The van der Waals surface area contributed by atoms with Crippen molar-refractivity contribution < 1.29 is 18.0 Å². The molecule has 2 unspecified atom stereocenters. The fraction of sp³-hybridized carbons (Fsp3) is 0.562. The molecule has 1 saturated carbocycles. The van der Waals surface area contributed by atoms with Crippen molar-refractivity contribution in [1.82, 2.24) is 5.32 Å². The SMILES string of the molecule is CC1(N)CCCCC1C(=O)NCc1ccccc1C(F)(F)F. The Morgan fingerprint density at radius 3 is 2.68 bits per heavy atom. The number of hydrogen-bond donors (Lipinski definition) is 2. The zero-order valence-electron chi connectivity index (χ0n) is 12.5. The molecule has 122 valence electrons. The molecule has 22 heavy (non-hydrogen) atoms. The second-order valence-corrected chi connectivity index (χ2v) is 6.18. The Morgan fingerprint density at radius 1 is 1.36 bits per heavy atom. The molecule has 0 spiro atoms. The van der Waals surface area contributed by atoms with E-state index in [-0.39, 0.29) is 23.9 Å². The summed E-state index contributed by atoms with van der Waals surface area (Å²) in [5.41, 5.74) is 4.91. The van der Waals surface area contributed by atoms with Crippen LogP contribution >= 0.6 is 0 Å². The molecule has 0 aromatic heterocycles. The minimum Gasteiger partial charge on any atom is -0.352 e. The molecule has 0 bridgehead atoms. The van der Waals surface area contributed by atoms with Crippen LogP contribution in [0.25, 0.3) is 0 Å². The lowest BCUT2D eigenvalue weighted by Crippen LogP contribution is -2.52. The first kappa shape index (κ1) is 16.8. The first-order valence-corrected chi connectivity index (χ1v) is 7.43. The van der Waals surface area contributed by atoms with E-state index in [4.69, 9.17) is 5.73 Å². The summed E-state index contributed by atoms with van der Waals surface area (Å²) in [6.07, 6.45) is -1.09. The summed E-state index contributed by atoms with van der Waals surface area (Å²) in [5.74, 6) is -0.610. The predicted molar refractivity (Wildman–Crippen MR) is 77.8 cm³/mol. The quantitative estimate of drug-likeness (QED) is 0.900. The summed E-state index contributed by atoms with van der Waals surface area (Å²) >= 11 is 0. The summed E-state index contributed by atoms with van der Waals surface area (Å²) in [6, 6.07) is 5.28. The number of carbonyl (C=O) groups excluding carboxylic acids is 1. The number of nitrogens with one attached hydrogen (secondary N) is 1. The first-order chi connectivity index (χ1) is 10.2. The molecule has 1 aliphatic carbocycles. The van der Waals surface area contributed by atoms with Crippen molar-refractivity contribution in [3.8, 4) is 0 Å². The Bertz CT molecular complexity index is 540. The Hall–Kier alpha value is -1.56. The fourth-order valence-electron chi connectivity index (χ4n) is 3.05. The van der Waals surface area contributed by atoms with Gasteiger partial charge in [-0.1, -0.05) is 31.0 Å². The minimum absolute atomic E-state index is 0.0675. The van der Waals surface area contributed by atoms with Crippen molar-refractivity contribution >= 4 is 5.91 Å². The van der Waals surface area contributed by atoms with Crippen molar-refractivity contribution in [2.45, 2.75) is 50.9 Å². The van der Waals surface area contributed by atoms with Crippen LogP contribution in [0.4, 0.5) is 13.2 Å². The minimum atomic E-state index is -4.42. The molecule has 1 aromatic rings. The van der Waals surface area contributed by atoms with Crippen LogP contribution in [-0.4, -0.2) is 11.4 Å². The third kappa shape index (κ3) is 3.80. The maximum atomic E-state index is 12.9. The molecular weight excluding hydrogens is 293 g/mol. The molecule has 3 nitrogen and oxygen atoms in total. The lowest BCUT2D eigenvalue weighted by atomic mass is 9.74. The van der Waals surface area contributed by atoms with Gasteiger partial charge in [0.25, 0.3) is 0 Å². The van der Waals surface area contributed by atoms with Crippen LogP contribution in [0, 0.1) is 5.92 Å². The smallest absolute Gasteiger partial charge is 0.352 e. The average molecular weight is 314 g/mol. The monoisotopic (exact) mass is 314 g/mol. The maximum absolute atomic E-state index is 12.9. The highest BCUT2D eigenvalue weighted by Gasteiger charge is 2.38. The van der Waals surface area contributed by atoms with Gasteiger partial charge in [0.1, 0.15) is 0 Å². The van der Waals surface area contributed by atoms with Gasteiger partial charge in [0.05, 0.1) is 11.5 Å². The number of hydrogen-bond acceptors (Lipinski definition) is 2. The van der Waals surface area contributed by atoms with Gasteiger partial charge in [-0.05, 0) is 31.4 Å². The van der Waals surface area contributed by atoms with Crippen LogP contribution in [0.15, 0.2) is 24.3 Å². The Balaban J connectivity index is 2.06. The van der Waals surface area contributed by atoms with Crippen molar-refractivity contribution in [3.05, 3.63) is 35.4 Å². The van der Waals surface area contributed by atoms with E-state index in [0.29, 0.717) is 6.42 Å². The highest BCUT2D eigenvalue weighted by molar-refractivity contribution is 5.80. The number of benzene rings is 1. The lowest BCUT2D eigenvalue weighted by molar-refractivity contribution is -0.138. The molecule has 2 atom stereocenters. The Morgan fingerprint density at radius 2 is 2.05 bits per heavy atom. The van der Waals surface area contributed by atoms with Gasteiger partial charge in [-0.25, -0.2) is 0 Å². The molecule has 1 aliphatic rings. The molecule has 1 amide bonds. The summed E-state index contributed by atoms with van der Waals surface area (Å²) < 4.78 is 38.8.